The minimum atomic E-state index is -0.430. The number of benzene rings is 2. The predicted molar refractivity (Wildman–Crippen MR) is 115 cm³/mol. The Morgan fingerprint density at radius 3 is 2.57 bits per heavy atom. The van der Waals surface area contributed by atoms with Crippen LogP contribution in [0.2, 0.25) is 0 Å². The van der Waals surface area contributed by atoms with Crippen LogP contribution in [0.4, 0.5) is 11.4 Å². The monoisotopic (exact) mass is 510 g/mol. The summed E-state index contributed by atoms with van der Waals surface area (Å²) in [6.07, 6.45) is 0.171. The Labute approximate surface area is 180 Å². The Bertz CT molecular complexity index is 887. The van der Waals surface area contributed by atoms with E-state index in [1.165, 1.54) is 0 Å². The molecule has 1 fully saturated rings. The molecule has 2 aromatic carbocycles. The van der Waals surface area contributed by atoms with Gasteiger partial charge in [0.1, 0.15) is 11.5 Å². The molecule has 2 amide bonds. The standard InChI is InChI=1S/C20H20Br2N2O4/c1-3-28-14-6-4-13(5-7-14)24-11-12(8-19(24)25)20(26)23-17-10-18(27-2)16(22)9-15(17)21/h4-7,9-10,12H,3,8,11H2,1-2H3,(H,23,26). The van der Waals surface area contributed by atoms with Gasteiger partial charge >= 0.3 is 0 Å². The van der Waals surface area contributed by atoms with E-state index in [4.69, 9.17) is 9.47 Å². The molecule has 1 aliphatic heterocycles. The maximum absolute atomic E-state index is 12.7. The van der Waals surface area contributed by atoms with Gasteiger partial charge in [0, 0.05) is 29.2 Å². The summed E-state index contributed by atoms with van der Waals surface area (Å²) in [6.45, 7) is 2.84. The highest BCUT2D eigenvalue weighted by Gasteiger charge is 2.35. The van der Waals surface area contributed by atoms with Crippen molar-refractivity contribution in [3.63, 3.8) is 0 Å². The van der Waals surface area contributed by atoms with Crippen LogP contribution < -0.4 is 19.7 Å². The fraction of sp³-hybridized carbons (Fsp3) is 0.300. The quantitative estimate of drug-likeness (QED) is 0.614. The summed E-state index contributed by atoms with van der Waals surface area (Å²) < 4.78 is 12.2. The number of nitrogens with one attached hydrogen (secondary N) is 1. The van der Waals surface area contributed by atoms with Crippen LogP contribution in [0, 0.1) is 5.92 Å². The number of anilines is 2. The molecule has 8 heteroatoms. The Morgan fingerprint density at radius 2 is 1.93 bits per heavy atom. The van der Waals surface area contributed by atoms with Gasteiger partial charge in [0.25, 0.3) is 0 Å². The summed E-state index contributed by atoms with van der Waals surface area (Å²) in [4.78, 5) is 26.8. The molecule has 1 atom stereocenters. The molecule has 1 unspecified atom stereocenters. The summed E-state index contributed by atoms with van der Waals surface area (Å²) in [5.74, 6) is 0.655. The Kier molecular flexibility index (Phi) is 6.61. The minimum absolute atomic E-state index is 0.0724. The molecule has 148 valence electrons. The second-order valence-corrected chi connectivity index (χ2v) is 8.00. The van der Waals surface area contributed by atoms with Crippen LogP contribution in [0.5, 0.6) is 11.5 Å². The molecule has 1 N–H and O–H groups in total. The van der Waals surface area contributed by atoms with E-state index in [1.54, 1.807) is 24.1 Å². The molecule has 3 rings (SSSR count). The zero-order valence-electron chi connectivity index (χ0n) is 15.5. The highest BCUT2D eigenvalue weighted by molar-refractivity contribution is 9.11. The average molecular weight is 512 g/mol. The fourth-order valence-electron chi connectivity index (χ4n) is 3.04. The van der Waals surface area contributed by atoms with Gasteiger partial charge in [-0.2, -0.15) is 0 Å². The van der Waals surface area contributed by atoms with Crippen molar-refractivity contribution in [1.29, 1.82) is 0 Å². The van der Waals surface area contributed by atoms with Crippen LogP contribution >= 0.6 is 31.9 Å². The number of hydrogen-bond donors (Lipinski definition) is 1. The molecule has 0 spiro atoms. The molecular weight excluding hydrogens is 492 g/mol. The first-order valence-electron chi connectivity index (χ1n) is 8.80. The number of hydrogen-bond acceptors (Lipinski definition) is 4. The third-order valence-corrected chi connectivity index (χ3v) is 5.73. The van der Waals surface area contributed by atoms with Crippen molar-refractivity contribution in [1.82, 2.24) is 0 Å². The van der Waals surface area contributed by atoms with E-state index in [2.05, 4.69) is 37.2 Å². The number of carbonyl (C=O) groups excluding carboxylic acids is 2. The summed E-state index contributed by atoms with van der Waals surface area (Å²) in [5, 5.41) is 2.89. The minimum Gasteiger partial charge on any atom is -0.495 e. The molecule has 6 nitrogen and oxygen atoms in total. The summed E-state index contributed by atoms with van der Waals surface area (Å²) >= 11 is 6.84. The third-order valence-electron chi connectivity index (χ3n) is 4.45. The molecule has 1 aliphatic rings. The highest BCUT2D eigenvalue weighted by atomic mass is 79.9. The largest absolute Gasteiger partial charge is 0.495 e. The lowest BCUT2D eigenvalue weighted by atomic mass is 10.1. The first-order valence-corrected chi connectivity index (χ1v) is 10.4. The summed E-state index contributed by atoms with van der Waals surface area (Å²) in [6, 6.07) is 10.8. The molecule has 0 aromatic heterocycles. The molecule has 1 saturated heterocycles. The van der Waals surface area contributed by atoms with Crippen LogP contribution in [-0.2, 0) is 9.59 Å². The second kappa shape index (κ2) is 8.96. The smallest absolute Gasteiger partial charge is 0.229 e. The van der Waals surface area contributed by atoms with Gasteiger partial charge in [-0.05, 0) is 69.1 Å². The zero-order valence-corrected chi connectivity index (χ0v) is 18.7. The number of carbonyl (C=O) groups is 2. The third kappa shape index (κ3) is 4.50. The Balaban J connectivity index is 1.70. The van der Waals surface area contributed by atoms with E-state index in [-0.39, 0.29) is 18.2 Å². The van der Waals surface area contributed by atoms with Gasteiger partial charge in [-0.3, -0.25) is 9.59 Å². The van der Waals surface area contributed by atoms with E-state index >= 15 is 0 Å². The van der Waals surface area contributed by atoms with E-state index in [0.717, 1.165) is 20.4 Å². The number of halogens is 2. The van der Waals surface area contributed by atoms with E-state index in [9.17, 15) is 9.59 Å². The first kappa shape index (κ1) is 20.7. The zero-order chi connectivity index (χ0) is 20.3. The molecule has 0 aliphatic carbocycles. The van der Waals surface area contributed by atoms with Crippen molar-refractivity contribution in [2.75, 3.05) is 30.5 Å². The van der Waals surface area contributed by atoms with Gasteiger partial charge in [0.15, 0.2) is 0 Å². The van der Waals surface area contributed by atoms with Gasteiger partial charge in [0.05, 0.1) is 29.8 Å². The lowest BCUT2D eigenvalue weighted by molar-refractivity contribution is -0.122. The lowest BCUT2D eigenvalue weighted by Gasteiger charge is -2.17. The Hall–Kier alpha value is -2.06. The van der Waals surface area contributed by atoms with Crippen molar-refractivity contribution in [3.8, 4) is 11.5 Å². The molecule has 28 heavy (non-hydrogen) atoms. The van der Waals surface area contributed by atoms with Crippen molar-refractivity contribution in [3.05, 3.63) is 45.3 Å². The lowest BCUT2D eigenvalue weighted by Crippen LogP contribution is -2.28. The predicted octanol–water partition coefficient (Wildman–Crippen LogP) is 4.61. The number of methoxy groups -OCH3 is 1. The van der Waals surface area contributed by atoms with Crippen molar-refractivity contribution >= 4 is 55.0 Å². The molecule has 2 aromatic rings. The van der Waals surface area contributed by atoms with Crippen molar-refractivity contribution in [2.45, 2.75) is 13.3 Å². The van der Waals surface area contributed by atoms with Crippen molar-refractivity contribution < 1.29 is 19.1 Å². The fourth-order valence-corrected chi connectivity index (χ4v) is 4.29. The maximum atomic E-state index is 12.7. The molecule has 0 saturated carbocycles. The molecular formula is C20H20Br2N2O4. The van der Waals surface area contributed by atoms with Gasteiger partial charge in [-0.1, -0.05) is 0 Å². The van der Waals surface area contributed by atoms with E-state index < -0.39 is 5.92 Å². The number of rotatable bonds is 6. The van der Waals surface area contributed by atoms with Gasteiger partial charge in [-0.25, -0.2) is 0 Å². The summed E-state index contributed by atoms with van der Waals surface area (Å²) in [5.41, 5.74) is 1.35. The Morgan fingerprint density at radius 1 is 1.21 bits per heavy atom. The van der Waals surface area contributed by atoms with Crippen LogP contribution in [-0.4, -0.2) is 32.1 Å². The number of ether oxygens (including phenoxy) is 2. The van der Waals surface area contributed by atoms with Gasteiger partial charge in [0.2, 0.25) is 11.8 Å². The topological polar surface area (TPSA) is 67.9 Å². The SMILES string of the molecule is CCOc1ccc(N2CC(C(=O)Nc3cc(OC)c(Br)cc3Br)CC2=O)cc1. The molecule has 0 radical (unpaired) electrons. The van der Waals surface area contributed by atoms with E-state index in [1.807, 2.05) is 31.2 Å². The maximum Gasteiger partial charge on any atom is 0.229 e. The molecule has 0 bridgehead atoms. The second-order valence-electron chi connectivity index (χ2n) is 6.29. The van der Waals surface area contributed by atoms with E-state index in [0.29, 0.717) is 24.6 Å². The first-order chi connectivity index (χ1) is 13.4. The van der Waals surface area contributed by atoms with Gasteiger partial charge < -0.3 is 19.7 Å². The van der Waals surface area contributed by atoms with Crippen LogP contribution in [0.25, 0.3) is 0 Å². The number of nitrogens with zero attached hydrogens (tertiary/aromatic N) is 1. The average Bonchev–Trinajstić information content (AvgIpc) is 3.06. The van der Waals surface area contributed by atoms with Crippen LogP contribution in [0.15, 0.2) is 45.3 Å². The normalized spacial score (nSPS) is 16.2. The van der Waals surface area contributed by atoms with Gasteiger partial charge in [-0.15, -0.1) is 0 Å². The van der Waals surface area contributed by atoms with Crippen LogP contribution in [0.3, 0.4) is 0 Å². The van der Waals surface area contributed by atoms with Crippen LogP contribution in [0.1, 0.15) is 13.3 Å². The highest BCUT2D eigenvalue weighted by Crippen LogP contribution is 2.35. The number of amides is 2. The molecule has 1 heterocycles. The summed E-state index contributed by atoms with van der Waals surface area (Å²) in [7, 11) is 1.56. The van der Waals surface area contributed by atoms with Crippen molar-refractivity contribution in [2.24, 2.45) is 5.92 Å².